The fraction of sp³-hybridized carbons (Fsp3) is 0.947. The standard InChI is InChI=1S/C19H33NO4/c1-2-3-11-15-14-19(20(23)24)13-10-8-6-4-5-7-9-12-16(17(15)21)18(19)22/h15-17,21H,2-14H2,1H3/t15-,16+,17+,19-/m1/s1. The van der Waals surface area contributed by atoms with E-state index in [9.17, 15) is 20.0 Å². The monoisotopic (exact) mass is 339 g/mol. The average Bonchev–Trinajstić information content (AvgIpc) is 2.55. The van der Waals surface area contributed by atoms with E-state index in [0.29, 0.717) is 12.8 Å². The lowest BCUT2D eigenvalue weighted by Crippen LogP contribution is -2.59. The molecule has 5 nitrogen and oxygen atoms in total. The molecule has 0 radical (unpaired) electrons. The summed E-state index contributed by atoms with van der Waals surface area (Å²) < 4.78 is 0. The van der Waals surface area contributed by atoms with E-state index in [1.54, 1.807) is 0 Å². The SMILES string of the molecule is CCCC[C@@H]1C[C@]2([N+](=O)[O-])CCCCCCCCC[C@H](C2=O)[C@H]1O. The number of unbranched alkanes of at least 4 members (excludes halogenated alkanes) is 1. The molecule has 2 rings (SSSR count). The maximum Gasteiger partial charge on any atom is 0.279 e. The van der Waals surface area contributed by atoms with Crippen LogP contribution in [0.1, 0.15) is 90.4 Å². The van der Waals surface area contributed by atoms with Crippen molar-refractivity contribution >= 4 is 5.78 Å². The molecule has 4 atom stereocenters. The first-order chi connectivity index (χ1) is 11.5. The Balaban J connectivity index is 2.28. The van der Waals surface area contributed by atoms with E-state index in [0.717, 1.165) is 57.8 Å². The van der Waals surface area contributed by atoms with E-state index in [-0.39, 0.29) is 23.0 Å². The first-order valence-corrected chi connectivity index (χ1v) is 9.90. The normalized spacial score (nSPS) is 35.8. The second-order valence-corrected chi connectivity index (χ2v) is 7.87. The van der Waals surface area contributed by atoms with Gasteiger partial charge >= 0.3 is 0 Å². The van der Waals surface area contributed by atoms with Gasteiger partial charge in [0.2, 0.25) is 5.78 Å². The molecule has 24 heavy (non-hydrogen) atoms. The number of ketones is 1. The van der Waals surface area contributed by atoms with Crippen molar-refractivity contribution in [2.75, 3.05) is 0 Å². The highest BCUT2D eigenvalue weighted by Gasteiger charge is 2.59. The topological polar surface area (TPSA) is 80.4 Å². The Hall–Kier alpha value is -0.970. The first-order valence-electron chi connectivity index (χ1n) is 9.90. The quantitative estimate of drug-likeness (QED) is 0.612. The summed E-state index contributed by atoms with van der Waals surface area (Å²) in [7, 11) is 0. The van der Waals surface area contributed by atoms with Gasteiger partial charge in [0.1, 0.15) is 0 Å². The van der Waals surface area contributed by atoms with Crippen LogP contribution in [0.15, 0.2) is 0 Å². The number of aliphatic hydroxyl groups excluding tert-OH is 1. The minimum atomic E-state index is -1.44. The van der Waals surface area contributed by atoms with Crippen LogP contribution in [0.4, 0.5) is 0 Å². The molecule has 2 saturated carbocycles. The van der Waals surface area contributed by atoms with Crippen LogP contribution in [-0.2, 0) is 4.79 Å². The molecule has 0 aliphatic heterocycles. The fourth-order valence-electron chi connectivity index (χ4n) is 4.67. The van der Waals surface area contributed by atoms with Gasteiger partial charge in [-0.2, -0.15) is 0 Å². The molecular formula is C19H33NO4. The van der Waals surface area contributed by atoms with Crippen LogP contribution in [-0.4, -0.2) is 27.5 Å². The Morgan fingerprint density at radius 2 is 1.79 bits per heavy atom. The summed E-state index contributed by atoms with van der Waals surface area (Å²) >= 11 is 0. The average molecular weight is 339 g/mol. The second kappa shape index (κ2) is 8.93. The highest BCUT2D eigenvalue weighted by Crippen LogP contribution is 2.43. The third kappa shape index (κ3) is 4.16. The first kappa shape index (κ1) is 19.4. The van der Waals surface area contributed by atoms with Crippen LogP contribution in [0.5, 0.6) is 0 Å². The molecule has 0 spiro atoms. The van der Waals surface area contributed by atoms with Crippen LogP contribution in [0.25, 0.3) is 0 Å². The van der Waals surface area contributed by atoms with Crippen molar-refractivity contribution < 1.29 is 14.8 Å². The molecule has 0 aromatic rings. The number of hydrogen-bond acceptors (Lipinski definition) is 4. The Bertz CT molecular complexity index is 439. The van der Waals surface area contributed by atoms with E-state index in [1.807, 2.05) is 0 Å². The lowest BCUT2D eigenvalue weighted by Gasteiger charge is -2.41. The van der Waals surface area contributed by atoms with E-state index in [1.165, 1.54) is 6.42 Å². The van der Waals surface area contributed by atoms with Gasteiger partial charge in [-0.25, -0.2) is 0 Å². The fourth-order valence-corrected chi connectivity index (χ4v) is 4.67. The van der Waals surface area contributed by atoms with Gasteiger partial charge in [0.05, 0.1) is 12.0 Å². The van der Waals surface area contributed by atoms with Gasteiger partial charge < -0.3 is 5.11 Å². The molecule has 0 aromatic heterocycles. The summed E-state index contributed by atoms with van der Waals surface area (Å²) in [5.74, 6) is -0.931. The minimum absolute atomic E-state index is 0.110. The maximum absolute atomic E-state index is 13.0. The number of aliphatic hydroxyl groups is 1. The number of nitrogens with zero attached hydrogens (tertiary/aromatic N) is 1. The predicted octanol–water partition coefficient (Wildman–Crippen LogP) is 4.28. The zero-order chi connectivity index (χ0) is 17.6. The number of fused-ring (bicyclic) bond motifs is 2. The summed E-state index contributed by atoms with van der Waals surface area (Å²) in [5.41, 5.74) is -1.44. The van der Waals surface area contributed by atoms with E-state index in [4.69, 9.17) is 0 Å². The van der Waals surface area contributed by atoms with Crippen LogP contribution < -0.4 is 0 Å². The zero-order valence-corrected chi connectivity index (χ0v) is 15.0. The number of carbonyl (C=O) groups is 1. The molecule has 0 amide bonds. The lowest BCUT2D eigenvalue weighted by atomic mass is 9.64. The number of Topliss-reactive ketones (excluding diaryl/α,β-unsaturated/α-hetero) is 1. The molecule has 1 N–H and O–H groups in total. The zero-order valence-electron chi connectivity index (χ0n) is 15.0. The van der Waals surface area contributed by atoms with E-state index >= 15 is 0 Å². The molecule has 2 aliphatic carbocycles. The summed E-state index contributed by atoms with van der Waals surface area (Å²) in [5, 5.41) is 22.7. The smallest absolute Gasteiger partial charge is 0.279 e. The number of hydrogen-bond donors (Lipinski definition) is 1. The van der Waals surface area contributed by atoms with Gasteiger partial charge in [0, 0.05) is 17.8 Å². The highest BCUT2D eigenvalue weighted by molar-refractivity contribution is 5.90. The summed E-state index contributed by atoms with van der Waals surface area (Å²) in [6, 6.07) is 0. The number of rotatable bonds is 4. The van der Waals surface area contributed by atoms with Gasteiger partial charge in [-0.05, 0) is 25.2 Å². The Kier molecular flexibility index (Phi) is 7.20. The minimum Gasteiger partial charge on any atom is -0.392 e. The van der Waals surface area contributed by atoms with Crippen LogP contribution in [0, 0.1) is 22.0 Å². The van der Waals surface area contributed by atoms with Crippen molar-refractivity contribution in [2.45, 2.75) is 102 Å². The van der Waals surface area contributed by atoms with Crippen LogP contribution >= 0.6 is 0 Å². The Morgan fingerprint density at radius 1 is 1.17 bits per heavy atom. The largest absolute Gasteiger partial charge is 0.392 e. The third-order valence-corrected chi connectivity index (χ3v) is 6.17. The summed E-state index contributed by atoms with van der Waals surface area (Å²) in [6.07, 6.45) is 10.4. The molecule has 5 heteroatoms. The van der Waals surface area contributed by atoms with E-state index in [2.05, 4.69) is 6.92 Å². The van der Waals surface area contributed by atoms with Crippen molar-refractivity contribution in [1.29, 1.82) is 0 Å². The molecule has 138 valence electrons. The summed E-state index contributed by atoms with van der Waals surface area (Å²) in [6.45, 7) is 2.09. The molecule has 0 saturated heterocycles. The van der Waals surface area contributed by atoms with Crippen molar-refractivity contribution in [1.82, 2.24) is 0 Å². The van der Waals surface area contributed by atoms with Crippen molar-refractivity contribution in [3.8, 4) is 0 Å². The maximum atomic E-state index is 13.0. The van der Waals surface area contributed by atoms with Crippen molar-refractivity contribution in [3.63, 3.8) is 0 Å². The Labute approximate surface area is 145 Å². The van der Waals surface area contributed by atoms with Gasteiger partial charge in [-0.3, -0.25) is 14.9 Å². The molecule has 2 aliphatic rings. The number of nitro groups is 1. The van der Waals surface area contributed by atoms with Crippen molar-refractivity contribution in [2.24, 2.45) is 11.8 Å². The molecule has 2 fully saturated rings. The Morgan fingerprint density at radius 3 is 2.42 bits per heavy atom. The second-order valence-electron chi connectivity index (χ2n) is 7.87. The number of carbonyl (C=O) groups excluding carboxylic acids is 1. The molecule has 0 heterocycles. The van der Waals surface area contributed by atoms with Crippen LogP contribution in [0.2, 0.25) is 0 Å². The van der Waals surface area contributed by atoms with Crippen LogP contribution in [0.3, 0.4) is 0 Å². The predicted molar refractivity (Wildman–Crippen MR) is 93.4 cm³/mol. The third-order valence-electron chi connectivity index (χ3n) is 6.17. The van der Waals surface area contributed by atoms with Gasteiger partial charge in [0.15, 0.2) is 0 Å². The molecule has 0 aromatic carbocycles. The highest BCUT2D eigenvalue weighted by atomic mass is 16.6. The molecule has 2 bridgehead atoms. The molecular weight excluding hydrogens is 306 g/mol. The van der Waals surface area contributed by atoms with Gasteiger partial charge in [-0.1, -0.05) is 58.3 Å². The van der Waals surface area contributed by atoms with Gasteiger partial charge in [0.25, 0.3) is 5.54 Å². The summed E-state index contributed by atoms with van der Waals surface area (Å²) in [4.78, 5) is 24.7. The van der Waals surface area contributed by atoms with E-state index < -0.39 is 17.6 Å². The van der Waals surface area contributed by atoms with Crippen molar-refractivity contribution in [3.05, 3.63) is 10.1 Å². The molecule has 0 unspecified atom stereocenters. The lowest BCUT2D eigenvalue weighted by molar-refractivity contribution is -0.559. The van der Waals surface area contributed by atoms with Gasteiger partial charge in [-0.15, -0.1) is 0 Å².